The van der Waals surface area contributed by atoms with Gasteiger partial charge in [-0.15, -0.1) is 0 Å². The lowest BCUT2D eigenvalue weighted by atomic mass is 10.1. The van der Waals surface area contributed by atoms with Crippen LogP contribution >= 0.6 is 12.2 Å². The number of rotatable bonds is 1. The predicted octanol–water partition coefficient (Wildman–Crippen LogP) is 2.07. The summed E-state index contributed by atoms with van der Waals surface area (Å²) in [7, 11) is 1.29. The van der Waals surface area contributed by atoms with E-state index < -0.39 is 40.6 Å². The number of amides is 1. The van der Waals surface area contributed by atoms with Crippen LogP contribution in [0.3, 0.4) is 0 Å². The van der Waals surface area contributed by atoms with Crippen molar-refractivity contribution < 1.29 is 26.7 Å². The standard InChI is InChI=1S/C11H5F5N2OS/c1-18-10(19)4(17-11(18)20)2-3-5(12)7(14)9(16)8(15)6(3)13/h2H,1H3,(H,17,20)/b4-2+. The molecule has 1 aromatic rings. The van der Waals surface area contributed by atoms with E-state index in [4.69, 9.17) is 12.2 Å². The van der Waals surface area contributed by atoms with E-state index in [9.17, 15) is 26.7 Å². The molecule has 1 amide bonds. The van der Waals surface area contributed by atoms with Gasteiger partial charge < -0.3 is 5.32 Å². The Morgan fingerprint density at radius 1 is 1.00 bits per heavy atom. The molecule has 1 N–H and O–H groups in total. The van der Waals surface area contributed by atoms with Crippen molar-refractivity contribution in [1.82, 2.24) is 10.2 Å². The van der Waals surface area contributed by atoms with Gasteiger partial charge in [0, 0.05) is 7.05 Å². The number of halogens is 5. The van der Waals surface area contributed by atoms with Crippen LogP contribution in [0.25, 0.3) is 6.08 Å². The summed E-state index contributed by atoms with van der Waals surface area (Å²) in [5.74, 6) is -11.2. The summed E-state index contributed by atoms with van der Waals surface area (Å²) in [6, 6.07) is 0. The third-order valence-corrected chi connectivity index (χ3v) is 2.99. The molecule has 1 saturated heterocycles. The normalized spacial score (nSPS) is 17.1. The molecule has 1 fully saturated rings. The largest absolute Gasteiger partial charge is 0.328 e. The van der Waals surface area contributed by atoms with Gasteiger partial charge >= 0.3 is 0 Å². The molecule has 0 radical (unpaired) electrons. The highest BCUT2D eigenvalue weighted by Gasteiger charge is 2.30. The van der Waals surface area contributed by atoms with Gasteiger partial charge in [0.2, 0.25) is 5.82 Å². The van der Waals surface area contributed by atoms with Crippen LogP contribution in [0.4, 0.5) is 22.0 Å². The molecular formula is C11H5F5N2OS. The average molecular weight is 308 g/mol. The van der Waals surface area contributed by atoms with Crippen LogP contribution in [0.1, 0.15) is 5.56 Å². The van der Waals surface area contributed by atoms with Crippen molar-refractivity contribution >= 4 is 29.3 Å². The molecule has 0 saturated carbocycles. The maximum absolute atomic E-state index is 13.4. The first kappa shape index (κ1) is 14.4. The van der Waals surface area contributed by atoms with E-state index in [1.54, 1.807) is 0 Å². The predicted molar refractivity (Wildman–Crippen MR) is 62.7 cm³/mol. The lowest BCUT2D eigenvalue weighted by Gasteiger charge is -2.05. The summed E-state index contributed by atoms with van der Waals surface area (Å²) < 4.78 is 65.7. The maximum atomic E-state index is 13.4. The Bertz CT molecular complexity index is 644. The van der Waals surface area contributed by atoms with E-state index in [-0.39, 0.29) is 10.8 Å². The van der Waals surface area contributed by atoms with E-state index in [1.165, 1.54) is 7.05 Å². The summed E-state index contributed by atoms with van der Waals surface area (Å²) in [6.07, 6.45) is 0.522. The first-order chi connectivity index (χ1) is 9.25. The van der Waals surface area contributed by atoms with E-state index in [2.05, 4.69) is 5.32 Å². The van der Waals surface area contributed by atoms with Gasteiger partial charge in [0.15, 0.2) is 28.4 Å². The molecule has 0 aliphatic carbocycles. The summed E-state index contributed by atoms with van der Waals surface area (Å²) >= 11 is 4.71. The number of nitrogens with zero attached hydrogens (tertiary/aromatic N) is 1. The number of thiocarbonyl (C=S) groups is 1. The Hall–Kier alpha value is -2.03. The van der Waals surface area contributed by atoms with E-state index >= 15 is 0 Å². The smallest absolute Gasteiger partial charge is 0.276 e. The van der Waals surface area contributed by atoms with Gasteiger partial charge in [-0.1, -0.05) is 0 Å². The summed E-state index contributed by atoms with van der Waals surface area (Å²) in [6.45, 7) is 0. The Balaban J connectivity index is 2.61. The second kappa shape index (κ2) is 4.82. The zero-order valence-electron chi connectivity index (χ0n) is 9.73. The van der Waals surface area contributed by atoms with Crippen LogP contribution in [-0.2, 0) is 4.79 Å². The summed E-state index contributed by atoms with van der Waals surface area (Å²) in [4.78, 5) is 12.5. The van der Waals surface area contributed by atoms with Crippen molar-refractivity contribution in [3.8, 4) is 0 Å². The second-order valence-electron chi connectivity index (χ2n) is 3.84. The molecule has 1 aromatic carbocycles. The minimum atomic E-state index is -2.26. The number of carbonyl (C=O) groups excluding carboxylic acids is 1. The fourth-order valence-electron chi connectivity index (χ4n) is 1.52. The lowest BCUT2D eigenvalue weighted by Crippen LogP contribution is -2.25. The lowest BCUT2D eigenvalue weighted by molar-refractivity contribution is -0.121. The highest BCUT2D eigenvalue weighted by Crippen LogP contribution is 2.25. The van der Waals surface area contributed by atoms with Gasteiger partial charge in [0.25, 0.3) is 5.91 Å². The molecule has 0 atom stereocenters. The highest BCUT2D eigenvalue weighted by molar-refractivity contribution is 7.80. The number of carbonyl (C=O) groups is 1. The topological polar surface area (TPSA) is 32.3 Å². The van der Waals surface area contributed by atoms with Crippen molar-refractivity contribution in [2.24, 2.45) is 0 Å². The van der Waals surface area contributed by atoms with Crippen LogP contribution in [0.15, 0.2) is 5.70 Å². The van der Waals surface area contributed by atoms with Crippen molar-refractivity contribution in [3.05, 3.63) is 40.3 Å². The molecule has 3 nitrogen and oxygen atoms in total. The van der Waals surface area contributed by atoms with Crippen LogP contribution in [0, 0.1) is 29.1 Å². The fraction of sp³-hybridized carbons (Fsp3) is 0.0909. The average Bonchev–Trinajstić information content (AvgIpc) is 2.66. The number of nitrogens with one attached hydrogen (secondary N) is 1. The number of hydrogen-bond acceptors (Lipinski definition) is 2. The minimum Gasteiger partial charge on any atom is -0.328 e. The fourth-order valence-corrected chi connectivity index (χ4v) is 1.71. The molecule has 106 valence electrons. The number of benzene rings is 1. The Kier molecular flexibility index (Phi) is 3.46. The Morgan fingerprint density at radius 2 is 1.45 bits per heavy atom. The van der Waals surface area contributed by atoms with Gasteiger partial charge in [0.1, 0.15) is 5.70 Å². The number of hydrogen-bond donors (Lipinski definition) is 1. The SMILES string of the molecule is CN1C(=O)/C(=C\c2c(F)c(F)c(F)c(F)c2F)NC1=S. The quantitative estimate of drug-likeness (QED) is 0.283. The molecular weight excluding hydrogens is 303 g/mol. The summed E-state index contributed by atoms with van der Waals surface area (Å²) in [5, 5.41) is 2.26. The molecule has 0 spiro atoms. The monoisotopic (exact) mass is 308 g/mol. The van der Waals surface area contributed by atoms with Crippen LogP contribution in [0.5, 0.6) is 0 Å². The third-order valence-electron chi connectivity index (χ3n) is 2.61. The first-order valence-electron chi connectivity index (χ1n) is 5.07. The molecule has 9 heteroatoms. The van der Waals surface area contributed by atoms with Crippen molar-refractivity contribution in [2.75, 3.05) is 7.05 Å². The molecule has 2 rings (SSSR count). The third kappa shape index (κ3) is 2.03. The molecule has 20 heavy (non-hydrogen) atoms. The highest BCUT2D eigenvalue weighted by atomic mass is 32.1. The summed E-state index contributed by atoms with van der Waals surface area (Å²) in [5.41, 5.74) is -1.60. The molecule has 0 aromatic heterocycles. The first-order valence-corrected chi connectivity index (χ1v) is 5.48. The number of likely N-dealkylation sites (N-methyl/N-ethyl adjacent to an activating group) is 1. The Morgan fingerprint density at radius 3 is 1.85 bits per heavy atom. The minimum absolute atomic E-state index is 0.0508. The van der Waals surface area contributed by atoms with Crippen molar-refractivity contribution in [3.63, 3.8) is 0 Å². The van der Waals surface area contributed by atoms with Gasteiger partial charge in [-0.05, 0) is 18.3 Å². The zero-order chi connectivity index (χ0) is 15.2. The molecule has 1 heterocycles. The van der Waals surface area contributed by atoms with Gasteiger partial charge in [0.05, 0.1) is 5.56 Å². The second-order valence-corrected chi connectivity index (χ2v) is 4.22. The Labute approximate surface area is 114 Å². The van der Waals surface area contributed by atoms with E-state index in [0.29, 0.717) is 6.08 Å². The zero-order valence-corrected chi connectivity index (χ0v) is 10.5. The van der Waals surface area contributed by atoms with Crippen molar-refractivity contribution in [2.45, 2.75) is 0 Å². The van der Waals surface area contributed by atoms with E-state index in [0.717, 1.165) is 4.90 Å². The van der Waals surface area contributed by atoms with Gasteiger partial charge in [-0.25, -0.2) is 22.0 Å². The van der Waals surface area contributed by atoms with Crippen LogP contribution in [0.2, 0.25) is 0 Å². The van der Waals surface area contributed by atoms with Gasteiger partial charge in [-0.2, -0.15) is 0 Å². The van der Waals surface area contributed by atoms with Crippen molar-refractivity contribution in [1.29, 1.82) is 0 Å². The maximum Gasteiger partial charge on any atom is 0.276 e. The van der Waals surface area contributed by atoms with Gasteiger partial charge in [-0.3, -0.25) is 9.69 Å². The molecule has 1 aliphatic heterocycles. The van der Waals surface area contributed by atoms with Crippen LogP contribution in [-0.4, -0.2) is 23.0 Å². The molecule has 1 aliphatic rings. The molecule has 0 bridgehead atoms. The molecule has 0 unspecified atom stereocenters. The van der Waals surface area contributed by atoms with Crippen LogP contribution < -0.4 is 5.32 Å². The van der Waals surface area contributed by atoms with E-state index in [1.807, 2.05) is 0 Å².